The highest BCUT2D eigenvalue weighted by molar-refractivity contribution is 5.94. The predicted octanol–water partition coefficient (Wildman–Crippen LogP) is 1.73. The number of aromatic carboxylic acids is 1. The van der Waals surface area contributed by atoms with Crippen LogP contribution in [0.3, 0.4) is 0 Å². The van der Waals surface area contributed by atoms with Gasteiger partial charge in [0.25, 0.3) is 0 Å². The molecule has 14 heavy (non-hydrogen) atoms. The van der Waals surface area contributed by atoms with E-state index in [4.69, 9.17) is 5.11 Å². The number of benzene rings is 1. The number of anilines is 1. The highest BCUT2D eigenvalue weighted by Gasteiger charge is 2.19. The fourth-order valence-corrected chi connectivity index (χ4v) is 1.15. The summed E-state index contributed by atoms with van der Waals surface area (Å²) in [5.41, 5.74) is -0.508. The molecular weight excluding hydrogens is 192 g/mol. The Bertz CT molecular complexity index is 377. The van der Waals surface area contributed by atoms with E-state index in [-0.39, 0.29) is 11.3 Å². The van der Waals surface area contributed by atoms with Crippen molar-refractivity contribution in [3.8, 4) is 0 Å². The molecule has 0 fully saturated rings. The number of hydrogen-bond acceptors (Lipinski definition) is 2. The summed E-state index contributed by atoms with van der Waals surface area (Å²) in [7, 11) is 2.90. The molecular formula is C9H9F2NO2. The first-order valence-electron chi connectivity index (χ1n) is 3.83. The van der Waals surface area contributed by atoms with Gasteiger partial charge in [0, 0.05) is 14.1 Å². The first-order chi connectivity index (χ1) is 6.45. The van der Waals surface area contributed by atoms with Gasteiger partial charge in [-0.25, -0.2) is 13.6 Å². The molecule has 0 heterocycles. The zero-order chi connectivity index (χ0) is 10.9. The molecule has 0 spiro atoms. The van der Waals surface area contributed by atoms with Gasteiger partial charge in [0.2, 0.25) is 0 Å². The van der Waals surface area contributed by atoms with Crippen molar-refractivity contribution in [1.82, 2.24) is 0 Å². The fraction of sp³-hybridized carbons (Fsp3) is 0.222. The molecule has 0 saturated heterocycles. The van der Waals surface area contributed by atoms with Crippen LogP contribution in [-0.2, 0) is 0 Å². The molecule has 0 unspecified atom stereocenters. The number of hydrogen-bond donors (Lipinski definition) is 1. The molecule has 1 rings (SSSR count). The third kappa shape index (κ3) is 1.66. The van der Waals surface area contributed by atoms with Crippen LogP contribution in [0.5, 0.6) is 0 Å². The molecule has 76 valence electrons. The fourth-order valence-electron chi connectivity index (χ4n) is 1.15. The molecule has 0 amide bonds. The molecule has 0 aliphatic carbocycles. The minimum absolute atomic E-state index is 0.252. The Hall–Kier alpha value is -1.65. The van der Waals surface area contributed by atoms with Crippen molar-refractivity contribution in [2.75, 3.05) is 19.0 Å². The van der Waals surface area contributed by atoms with Crippen LogP contribution < -0.4 is 4.90 Å². The maximum atomic E-state index is 13.2. The molecule has 3 nitrogen and oxygen atoms in total. The third-order valence-corrected chi connectivity index (χ3v) is 1.75. The first-order valence-corrected chi connectivity index (χ1v) is 3.83. The van der Waals surface area contributed by atoms with Crippen molar-refractivity contribution < 1.29 is 18.7 Å². The molecule has 0 radical (unpaired) electrons. The summed E-state index contributed by atoms with van der Waals surface area (Å²) < 4.78 is 26.0. The van der Waals surface area contributed by atoms with E-state index in [1.807, 2.05) is 0 Å². The predicted molar refractivity (Wildman–Crippen MR) is 47.6 cm³/mol. The largest absolute Gasteiger partial charge is 0.478 e. The van der Waals surface area contributed by atoms with E-state index in [0.717, 1.165) is 12.1 Å². The topological polar surface area (TPSA) is 40.5 Å². The van der Waals surface area contributed by atoms with Crippen molar-refractivity contribution in [3.05, 3.63) is 29.3 Å². The van der Waals surface area contributed by atoms with Gasteiger partial charge in [-0.05, 0) is 12.1 Å². The monoisotopic (exact) mass is 201 g/mol. The van der Waals surface area contributed by atoms with Gasteiger partial charge in [0.1, 0.15) is 0 Å². The smallest absolute Gasteiger partial charge is 0.337 e. The van der Waals surface area contributed by atoms with Gasteiger partial charge in [-0.15, -0.1) is 0 Å². The SMILES string of the molecule is CN(C)c1c(C(=O)O)ccc(F)c1F. The summed E-state index contributed by atoms with van der Waals surface area (Å²) in [5.74, 6) is -3.48. The lowest BCUT2D eigenvalue weighted by atomic mass is 10.1. The number of rotatable bonds is 2. The molecule has 1 aromatic carbocycles. The normalized spacial score (nSPS) is 10.0. The molecule has 5 heteroatoms. The lowest BCUT2D eigenvalue weighted by molar-refractivity contribution is 0.0697. The average Bonchev–Trinajstić information content (AvgIpc) is 2.08. The van der Waals surface area contributed by atoms with Crippen LogP contribution in [0.1, 0.15) is 10.4 Å². The summed E-state index contributed by atoms with van der Waals surface area (Å²) in [6, 6.07) is 1.84. The number of halogens is 2. The van der Waals surface area contributed by atoms with E-state index in [1.165, 1.54) is 19.0 Å². The number of carboxylic acid groups (broad SMARTS) is 1. The second-order valence-corrected chi connectivity index (χ2v) is 2.96. The molecule has 0 saturated carbocycles. The van der Waals surface area contributed by atoms with Gasteiger partial charge in [-0.3, -0.25) is 0 Å². The highest BCUT2D eigenvalue weighted by Crippen LogP contribution is 2.24. The number of carbonyl (C=O) groups is 1. The van der Waals surface area contributed by atoms with Crippen LogP contribution in [0.2, 0.25) is 0 Å². The highest BCUT2D eigenvalue weighted by atomic mass is 19.2. The quantitative estimate of drug-likeness (QED) is 0.792. The molecule has 0 atom stereocenters. The van der Waals surface area contributed by atoms with E-state index in [1.54, 1.807) is 0 Å². The maximum Gasteiger partial charge on any atom is 0.337 e. The standard InChI is InChI=1S/C9H9F2NO2/c1-12(2)8-5(9(13)14)3-4-6(10)7(8)11/h3-4H,1-2H3,(H,13,14). The van der Waals surface area contributed by atoms with Gasteiger partial charge >= 0.3 is 5.97 Å². The van der Waals surface area contributed by atoms with E-state index >= 15 is 0 Å². The summed E-state index contributed by atoms with van der Waals surface area (Å²) in [4.78, 5) is 11.9. The Kier molecular flexibility index (Phi) is 2.69. The van der Waals surface area contributed by atoms with E-state index < -0.39 is 17.6 Å². The van der Waals surface area contributed by atoms with Crippen LogP contribution in [0.15, 0.2) is 12.1 Å². The van der Waals surface area contributed by atoms with Gasteiger partial charge in [-0.2, -0.15) is 0 Å². The van der Waals surface area contributed by atoms with E-state index in [9.17, 15) is 13.6 Å². The van der Waals surface area contributed by atoms with Crippen LogP contribution in [-0.4, -0.2) is 25.2 Å². The minimum atomic E-state index is -1.28. The zero-order valence-electron chi connectivity index (χ0n) is 7.71. The summed E-state index contributed by atoms with van der Waals surface area (Å²) in [6.07, 6.45) is 0. The molecule has 0 bridgehead atoms. The lowest BCUT2D eigenvalue weighted by Crippen LogP contribution is -2.16. The summed E-state index contributed by atoms with van der Waals surface area (Å²) in [5, 5.41) is 8.71. The van der Waals surface area contributed by atoms with Crippen molar-refractivity contribution in [2.24, 2.45) is 0 Å². The summed E-state index contributed by atoms with van der Waals surface area (Å²) in [6.45, 7) is 0. The Morgan fingerprint density at radius 2 is 1.93 bits per heavy atom. The number of nitrogens with zero attached hydrogens (tertiary/aromatic N) is 1. The van der Waals surface area contributed by atoms with Gasteiger partial charge in [0.05, 0.1) is 11.3 Å². The van der Waals surface area contributed by atoms with Gasteiger partial charge < -0.3 is 10.0 Å². The Labute approximate surface area is 79.6 Å². The van der Waals surface area contributed by atoms with Crippen molar-refractivity contribution >= 4 is 11.7 Å². The summed E-state index contributed by atoms with van der Waals surface area (Å²) >= 11 is 0. The lowest BCUT2D eigenvalue weighted by Gasteiger charge is -2.16. The van der Waals surface area contributed by atoms with Crippen LogP contribution in [0.4, 0.5) is 14.5 Å². The second-order valence-electron chi connectivity index (χ2n) is 2.96. The minimum Gasteiger partial charge on any atom is -0.478 e. The molecule has 0 aliphatic rings. The Morgan fingerprint density at radius 1 is 1.36 bits per heavy atom. The molecule has 1 N–H and O–H groups in total. The molecule has 0 aromatic heterocycles. The molecule has 1 aromatic rings. The van der Waals surface area contributed by atoms with Gasteiger partial charge in [0.15, 0.2) is 11.6 Å². The van der Waals surface area contributed by atoms with E-state index in [0.29, 0.717) is 0 Å². The van der Waals surface area contributed by atoms with Crippen molar-refractivity contribution in [3.63, 3.8) is 0 Å². The van der Waals surface area contributed by atoms with Crippen LogP contribution in [0.25, 0.3) is 0 Å². The van der Waals surface area contributed by atoms with Crippen LogP contribution in [0, 0.1) is 11.6 Å². The Morgan fingerprint density at radius 3 is 2.36 bits per heavy atom. The average molecular weight is 201 g/mol. The maximum absolute atomic E-state index is 13.2. The first kappa shape index (κ1) is 10.4. The number of carboxylic acids is 1. The van der Waals surface area contributed by atoms with Crippen molar-refractivity contribution in [2.45, 2.75) is 0 Å². The molecule has 0 aliphatic heterocycles. The second kappa shape index (κ2) is 3.61. The Balaban J connectivity index is 3.45. The zero-order valence-corrected chi connectivity index (χ0v) is 7.71. The van der Waals surface area contributed by atoms with Gasteiger partial charge in [-0.1, -0.05) is 0 Å². The van der Waals surface area contributed by atoms with E-state index in [2.05, 4.69) is 0 Å². The van der Waals surface area contributed by atoms with Crippen LogP contribution >= 0.6 is 0 Å². The third-order valence-electron chi connectivity index (χ3n) is 1.75. The van der Waals surface area contributed by atoms with Crippen molar-refractivity contribution in [1.29, 1.82) is 0 Å².